The number of nitrogens with zero attached hydrogens (tertiary/aromatic N) is 2. The molecule has 26 heavy (non-hydrogen) atoms. The van der Waals surface area contributed by atoms with E-state index in [4.69, 9.17) is 9.57 Å². The zero-order valence-electron chi connectivity index (χ0n) is 14.6. The first-order valence-corrected chi connectivity index (χ1v) is 8.84. The molecule has 1 atom stereocenters. The first-order valence-electron chi connectivity index (χ1n) is 8.84. The molecule has 6 heteroatoms. The highest BCUT2D eigenvalue weighted by atomic mass is 16.8. The number of aryl methyl sites for hydroxylation is 1. The highest BCUT2D eigenvalue weighted by Gasteiger charge is 2.17. The summed E-state index contributed by atoms with van der Waals surface area (Å²) >= 11 is 0. The molecule has 3 aromatic rings. The fraction of sp³-hybridized carbons (Fsp3) is 0.300. The number of imidazole rings is 1. The Morgan fingerprint density at radius 2 is 2.08 bits per heavy atom. The fourth-order valence-corrected chi connectivity index (χ4v) is 3.23. The van der Waals surface area contributed by atoms with Crippen LogP contribution in [0.5, 0.6) is 0 Å². The van der Waals surface area contributed by atoms with Crippen molar-refractivity contribution in [3.8, 4) is 5.69 Å². The summed E-state index contributed by atoms with van der Waals surface area (Å²) in [6.45, 7) is 2.62. The molecule has 0 aliphatic carbocycles. The first-order chi connectivity index (χ1) is 12.7. The van der Waals surface area contributed by atoms with Gasteiger partial charge in [-0.25, -0.2) is 15.3 Å². The Morgan fingerprint density at radius 3 is 2.85 bits per heavy atom. The molecule has 0 spiro atoms. The predicted octanol–water partition coefficient (Wildman–Crippen LogP) is 3.52. The van der Waals surface area contributed by atoms with E-state index in [1.165, 1.54) is 0 Å². The normalized spacial score (nSPS) is 17.3. The van der Waals surface area contributed by atoms with Gasteiger partial charge in [0.2, 0.25) is 0 Å². The van der Waals surface area contributed by atoms with Gasteiger partial charge in [0.15, 0.2) is 6.29 Å². The molecule has 1 aliphatic heterocycles. The van der Waals surface area contributed by atoms with Crippen molar-refractivity contribution in [2.24, 2.45) is 0 Å². The molecule has 0 bridgehead atoms. The molecule has 134 valence electrons. The number of hydrogen-bond acceptors (Lipinski definition) is 4. The smallest absolute Gasteiger partial charge is 0.275 e. The third-order valence-electron chi connectivity index (χ3n) is 4.52. The molecular formula is C20H21N3O3. The number of ether oxygens (including phenoxy) is 1. The Labute approximate surface area is 151 Å². The first kappa shape index (κ1) is 16.8. The van der Waals surface area contributed by atoms with E-state index >= 15 is 0 Å². The Hall–Kier alpha value is -2.70. The molecule has 4 rings (SSSR count). The van der Waals surface area contributed by atoms with E-state index in [0.717, 1.165) is 41.8 Å². The van der Waals surface area contributed by atoms with Gasteiger partial charge in [-0.3, -0.25) is 9.36 Å². The van der Waals surface area contributed by atoms with Gasteiger partial charge in [0, 0.05) is 24.3 Å². The van der Waals surface area contributed by atoms with Gasteiger partial charge in [-0.05, 0) is 50.1 Å². The van der Waals surface area contributed by atoms with Crippen molar-refractivity contribution in [2.45, 2.75) is 32.5 Å². The van der Waals surface area contributed by atoms with E-state index in [9.17, 15) is 4.79 Å². The number of nitrogens with one attached hydrogen (secondary N) is 1. The average molecular weight is 351 g/mol. The van der Waals surface area contributed by atoms with Crippen LogP contribution in [0.25, 0.3) is 16.7 Å². The molecule has 1 aliphatic rings. The van der Waals surface area contributed by atoms with Crippen LogP contribution in [0.1, 0.15) is 35.4 Å². The van der Waals surface area contributed by atoms with Gasteiger partial charge < -0.3 is 4.74 Å². The average Bonchev–Trinajstić information content (AvgIpc) is 3.02. The predicted molar refractivity (Wildman–Crippen MR) is 97.9 cm³/mol. The number of carbonyl (C=O) groups is 1. The van der Waals surface area contributed by atoms with Gasteiger partial charge in [-0.15, -0.1) is 0 Å². The monoisotopic (exact) mass is 351 g/mol. The molecule has 0 saturated carbocycles. The highest BCUT2D eigenvalue weighted by Crippen LogP contribution is 2.22. The topological polar surface area (TPSA) is 65.4 Å². The van der Waals surface area contributed by atoms with Crippen molar-refractivity contribution in [1.82, 2.24) is 15.0 Å². The fourth-order valence-electron chi connectivity index (χ4n) is 3.23. The Morgan fingerprint density at radius 1 is 1.23 bits per heavy atom. The SMILES string of the molecule is Cc1nc2cc(C(=O)NO[C@@H]3CCCCO3)ccc2n1-c1ccccc1. The maximum absolute atomic E-state index is 12.4. The molecule has 1 saturated heterocycles. The minimum atomic E-state index is -0.365. The second-order valence-electron chi connectivity index (χ2n) is 6.38. The lowest BCUT2D eigenvalue weighted by Crippen LogP contribution is -2.33. The van der Waals surface area contributed by atoms with Gasteiger partial charge >= 0.3 is 0 Å². The summed E-state index contributed by atoms with van der Waals surface area (Å²) in [6.07, 6.45) is 2.51. The Bertz CT molecular complexity index is 915. The van der Waals surface area contributed by atoms with Crippen molar-refractivity contribution < 1.29 is 14.4 Å². The van der Waals surface area contributed by atoms with Gasteiger partial charge in [-0.2, -0.15) is 0 Å². The van der Waals surface area contributed by atoms with E-state index in [1.807, 2.05) is 43.3 Å². The van der Waals surface area contributed by atoms with Crippen molar-refractivity contribution in [2.75, 3.05) is 6.61 Å². The standard InChI is InChI=1S/C20H21N3O3/c1-14-21-17-13-15(20(24)22-26-19-9-5-6-12-25-19)10-11-18(17)23(14)16-7-3-2-4-8-16/h2-4,7-8,10-11,13,19H,5-6,9,12H2,1H3,(H,22,24)/t19-/m1/s1. The summed E-state index contributed by atoms with van der Waals surface area (Å²) in [5, 5.41) is 0. The van der Waals surface area contributed by atoms with Gasteiger partial charge in [0.25, 0.3) is 5.91 Å². The van der Waals surface area contributed by atoms with Crippen molar-refractivity contribution >= 4 is 16.9 Å². The van der Waals surface area contributed by atoms with Crippen LogP contribution in [-0.4, -0.2) is 28.4 Å². The van der Waals surface area contributed by atoms with Crippen LogP contribution < -0.4 is 5.48 Å². The lowest BCUT2D eigenvalue weighted by molar-refractivity contribution is -0.186. The number of aromatic nitrogens is 2. The minimum absolute atomic E-state index is 0.298. The number of carbonyl (C=O) groups excluding carboxylic acids is 1. The maximum atomic E-state index is 12.4. The zero-order chi connectivity index (χ0) is 17.9. The third kappa shape index (κ3) is 3.34. The van der Waals surface area contributed by atoms with Crippen LogP contribution in [-0.2, 0) is 9.57 Å². The minimum Gasteiger partial charge on any atom is -0.350 e. The van der Waals surface area contributed by atoms with Gasteiger partial charge in [0.05, 0.1) is 11.0 Å². The lowest BCUT2D eigenvalue weighted by Gasteiger charge is -2.22. The van der Waals surface area contributed by atoms with E-state index in [-0.39, 0.29) is 12.2 Å². The van der Waals surface area contributed by atoms with Crippen molar-refractivity contribution in [3.05, 3.63) is 59.9 Å². The zero-order valence-corrected chi connectivity index (χ0v) is 14.6. The number of hydrogen-bond donors (Lipinski definition) is 1. The lowest BCUT2D eigenvalue weighted by atomic mass is 10.2. The number of rotatable bonds is 4. The van der Waals surface area contributed by atoms with E-state index in [0.29, 0.717) is 12.2 Å². The molecule has 2 heterocycles. The van der Waals surface area contributed by atoms with Gasteiger partial charge in [0.1, 0.15) is 5.82 Å². The number of fused-ring (bicyclic) bond motifs is 1. The van der Waals surface area contributed by atoms with E-state index < -0.39 is 0 Å². The summed E-state index contributed by atoms with van der Waals surface area (Å²) in [4.78, 5) is 22.3. The summed E-state index contributed by atoms with van der Waals surface area (Å²) < 4.78 is 7.52. The third-order valence-corrected chi connectivity index (χ3v) is 4.52. The Balaban J connectivity index is 1.55. The van der Waals surface area contributed by atoms with E-state index in [2.05, 4.69) is 15.0 Å². The number of benzene rings is 2. The number of amides is 1. The molecule has 2 aromatic carbocycles. The van der Waals surface area contributed by atoms with Crippen molar-refractivity contribution in [1.29, 1.82) is 0 Å². The molecule has 0 unspecified atom stereocenters. The molecule has 1 amide bonds. The molecule has 1 aromatic heterocycles. The van der Waals surface area contributed by atoms with Crippen LogP contribution in [0, 0.1) is 6.92 Å². The second kappa shape index (κ2) is 7.27. The van der Waals surface area contributed by atoms with Crippen LogP contribution in [0.3, 0.4) is 0 Å². The van der Waals surface area contributed by atoms with Gasteiger partial charge in [-0.1, -0.05) is 18.2 Å². The van der Waals surface area contributed by atoms with Crippen molar-refractivity contribution in [3.63, 3.8) is 0 Å². The molecular weight excluding hydrogens is 330 g/mol. The summed E-state index contributed by atoms with van der Waals surface area (Å²) in [7, 11) is 0. The van der Waals surface area contributed by atoms with Crippen LogP contribution in [0.2, 0.25) is 0 Å². The number of hydroxylamine groups is 1. The summed E-state index contributed by atoms with van der Waals surface area (Å²) in [5.74, 6) is 0.573. The largest absolute Gasteiger partial charge is 0.350 e. The van der Waals surface area contributed by atoms with E-state index in [1.54, 1.807) is 12.1 Å². The quantitative estimate of drug-likeness (QED) is 0.731. The molecule has 0 radical (unpaired) electrons. The Kier molecular flexibility index (Phi) is 4.69. The molecule has 1 N–H and O–H groups in total. The molecule has 1 fully saturated rings. The summed E-state index contributed by atoms with van der Waals surface area (Å²) in [5.41, 5.74) is 5.77. The van der Waals surface area contributed by atoms with Crippen LogP contribution in [0.15, 0.2) is 48.5 Å². The maximum Gasteiger partial charge on any atom is 0.275 e. The van der Waals surface area contributed by atoms with Crippen LogP contribution in [0.4, 0.5) is 0 Å². The second-order valence-corrected chi connectivity index (χ2v) is 6.38. The number of para-hydroxylation sites is 1. The molecule has 6 nitrogen and oxygen atoms in total. The highest BCUT2D eigenvalue weighted by molar-refractivity contribution is 5.97. The summed E-state index contributed by atoms with van der Waals surface area (Å²) in [6, 6.07) is 15.5. The van der Waals surface area contributed by atoms with Crippen LogP contribution >= 0.6 is 0 Å².